The third-order valence-electron chi connectivity index (χ3n) is 3.01. The predicted molar refractivity (Wildman–Crippen MR) is 82.2 cm³/mol. The number of ether oxygens (including phenoxy) is 1. The van der Waals surface area contributed by atoms with Crippen LogP contribution in [0.15, 0.2) is 36.4 Å². The quantitative estimate of drug-likeness (QED) is 0.865. The molecule has 20 heavy (non-hydrogen) atoms. The summed E-state index contributed by atoms with van der Waals surface area (Å²) in [6.45, 7) is 5.04. The highest BCUT2D eigenvalue weighted by atomic mass is 16.5. The lowest BCUT2D eigenvalue weighted by Crippen LogP contribution is -2.06. The van der Waals surface area contributed by atoms with Crippen molar-refractivity contribution in [3.8, 4) is 11.6 Å². The number of hydrogen-bond donors (Lipinski definition) is 1. The lowest BCUT2D eigenvalue weighted by Gasteiger charge is -2.10. The van der Waals surface area contributed by atoms with Crippen LogP contribution in [0, 0.1) is 6.92 Å². The van der Waals surface area contributed by atoms with Crippen molar-refractivity contribution in [2.24, 2.45) is 0 Å². The van der Waals surface area contributed by atoms with E-state index in [4.69, 9.17) is 4.74 Å². The summed E-state index contributed by atoms with van der Waals surface area (Å²) in [6, 6.07) is 12.2. The van der Waals surface area contributed by atoms with Crippen LogP contribution in [0.5, 0.6) is 11.6 Å². The molecule has 1 heterocycles. The summed E-state index contributed by atoms with van der Waals surface area (Å²) in [4.78, 5) is 4.58. The smallest absolute Gasteiger partial charge is 0.219 e. The van der Waals surface area contributed by atoms with Crippen LogP contribution in [0.25, 0.3) is 0 Å². The van der Waals surface area contributed by atoms with E-state index in [1.165, 1.54) is 11.1 Å². The first-order valence-electron chi connectivity index (χ1n) is 7.10. The van der Waals surface area contributed by atoms with Gasteiger partial charge < -0.3 is 10.1 Å². The van der Waals surface area contributed by atoms with Crippen LogP contribution in [-0.4, -0.2) is 12.0 Å². The lowest BCUT2D eigenvalue weighted by molar-refractivity contribution is 0.459. The minimum Gasteiger partial charge on any atom is -0.439 e. The molecule has 2 aromatic rings. The van der Waals surface area contributed by atoms with Gasteiger partial charge >= 0.3 is 0 Å². The van der Waals surface area contributed by atoms with Crippen molar-refractivity contribution in [3.05, 3.63) is 53.2 Å². The van der Waals surface area contributed by atoms with E-state index >= 15 is 0 Å². The molecule has 0 spiro atoms. The van der Waals surface area contributed by atoms with Gasteiger partial charge in [0.05, 0.1) is 0 Å². The molecule has 0 radical (unpaired) electrons. The summed E-state index contributed by atoms with van der Waals surface area (Å²) < 4.78 is 5.89. The van der Waals surface area contributed by atoms with Crippen molar-refractivity contribution >= 4 is 0 Å². The number of hydrogen-bond acceptors (Lipinski definition) is 3. The third-order valence-corrected chi connectivity index (χ3v) is 3.01. The monoisotopic (exact) mass is 270 g/mol. The maximum atomic E-state index is 5.89. The molecule has 0 fully saturated rings. The predicted octanol–water partition coefficient (Wildman–Crippen LogP) is 3.85. The van der Waals surface area contributed by atoms with E-state index < -0.39 is 0 Å². The van der Waals surface area contributed by atoms with E-state index in [1.807, 2.05) is 31.3 Å². The molecule has 0 aliphatic heterocycles. The standard InChI is InChI=1S/C17H22N2O/c1-4-6-15-10-14(12-18-3)11-17(19-15)20-16-8-5-7-13(2)9-16/h5,7-11,18H,4,6,12H2,1-3H3. The van der Waals surface area contributed by atoms with Crippen molar-refractivity contribution in [2.75, 3.05) is 7.05 Å². The van der Waals surface area contributed by atoms with Crippen molar-refractivity contribution in [3.63, 3.8) is 0 Å². The Morgan fingerprint density at radius 3 is 2.75 bits per heavy atom. The molecule has 0 atom stereocenters. The van der Waals surface area contributed by atoms with Gasteiger partial charge in [0.25, 0.3) is 0 Å². The molecule has 1 aromatic heterocycles. The molecule has 0 aliphatic rings. The molecule has 0 bridgehead atoms. The first kappa shape index (κ1) is 14.5. The Balaban J connectivity index is 2.25. The maximum absolute atomic E-state index is 5.89. The zero-order valence-electron chi connectivity index (χ0n) is 12.4. The Morgan fingerprint density at radius 2 is 2.05 bits per heavy atom. The zero-order valence-corrected chi connectivity index (χ0v) is 12.4. The average molecular weight is 270 g/mol. The Hall–Kier alpha value is -1.87. The summed E-state index contributed by atoms with van der Waals surface area (Å²) in [6.07, 6.45) is 2.06. The molecule has 106 valence electrons. The van der Waals surface area contributed by atoms with E-state index in [-0.39, 0.29) is 0 Å². The van der Waals surface area contributed by atoms with Gasteiger partial charge in [-0.1, -0.05) is 25.5 Å². The molecule has 0 saturated heterocycles. The molecular weight excluding hydrogens is 248 g/mol. The zero-order chi connectivity index (χ0) is 14.4. The van der Waals surface area contributed by atoms with Gasteiger partial charge in [0, 0.05) is 18.3 Å². The summed E-state index contributed by atoms with van der Waals surface area (Å²) >= 11 is 0. The van der Waals surface area contributed by atoms with Gasteiger partial charge in [-0.2, -0.15) is 0 Å². The normalized spacial score (nSPS) is 10.6. The molecule has 1 N–H and O–H groups in total. The van der Waals surface area contributed by atoms with E-state index in [1.54, 1.807) is 0 Å². The second-order valence-corrected chi connectivity index (χ2v) is 5.00. The molecular formula is C17H22N2O. The van der Waals surface area contributed by atoms with Gasteiger partial charge in [-0.3, -0.25) is 0 Å². The molecule has 2 rings (SSSR count). The van der Waals surface area contributed by atoms with Gasteiger partial charge in [0.1, 0.15) is 5.75 Å². The largest absolute Gasteiger partial charge is 0.439 e. The van der Waals surface area contributed by atoms with Crippen LogP contribution in [-0.2, 0) is 13.0 Å². The minimum absolute atomic E-state index is 0.673. The number of nitrogens with zero attached hydrogens (tertiary/aromatic N) is 1. The van der Waals surface area contributed by atoms with Crippen LogP contribution in [0.1, 0.15) is 30.2 Å². The second kappa shape index (κ2) is 7.06. The highest BCUT2D eigenvalue weighted by molar-refractivity contribution is 5.33. The Kier molecular flexibility index (Phi) is 5.13. The van der Waals surface area contributed by atoms with Crippen LogP contribution < -0.4 is 10.1 Å². The van der Waals surface area contributed by atoms with Gasteiger partial charge in [-0.15, -0.1) is 0 Å². The number of aryl methyl sites for hydroxylation is 2. The molecule has 3 nitrogen and oxygen atoms in total. The van der Waals surface area contributed by atoms with Crippen LogP contribution >= 0.6 is 0 Å². The Bertz CT molecular complexity index is 542. The molecule has 0 amide bonds. The fourth-order valence-corrected chi connectivity index (χ4v) is 2.16. The van der Waals surface area contributed by atoms with Crippen LogP contribution in [0.4, 0.5) is 0 Å². The molecule has 0 saturated carbocycles. The highest BCUT2D eigenvalue weighted by Gasteiger charge is 2.05. The number of benzene rings is 1. The first-order chi connectivity index (χ1) is 9.71. The third kappa shape index (κ3) is 4.07. The molecule has 0 aliphatic carbocycles. The van der Waals surface area contributed by atoms with E-state index in [0.717, 1.165) is 30.8 Å². The fraction of sp³-hybridized carbons (Fsp3) is 0.353. The van der Waals surface area contributed by atoms with Gasteiger partial charge in [0.2, 0.25) is 5.88 Å². The molecule has 3 heteroatoms. The number of nitrogens with one attached hydrogen (secondary N) is 1. The average Bonchev–Trinajstić information content (AvgIpc) is 2.39. The van der Waals surface area contributed by atoms with Crippen molar-refractivity contribution in [1.29, 1.82) is 0 Å². The summed E-state index contributed by atoms with van der Waals surface area (Å²) in [5.41, 5.74) is 3.47. The van der Waals surface area contributed by atoms with Crippen LogP contribution in [0.3, 0.4) is 0 Å². The minimum atomic E-state index is 0.673. The molecule has 1 aromatic carbocycles. The van der Waals surface area contributed by atoms with Crippen molar-refractivity contribution < 1.29 is 4.74 Å². The van der Waals surface area contributed by atoms with E-state index in [2.05, 4.69) is 36.3 Å². The van der Waals surface area contributed by atoms with Gasteiger partial charge in [-0.25, -0.2) is 4.98 Å². The number of pyridine rings is 1. The first-order valence-corrected chi connectivity index (χ1v) is 7.10. The Labute approximate surface area is 121 Å². The summed E-state index contributed by atoms with van der Waals surface area (Å²) in [5.74, 6) is 1.51. The highest BCUT2D eigenvalue weighted by Crippen LogP contribution is 2.22. The van der Waals surface area contributed by atoms with E-state index in [9.17, 15) is 0 Å². The van der Waals surface area contributed by atoms with E-state index in [0.29, 0.717) is 5.88 Å². The SMILES string of the molecule is CCCc1cc(CNC)cc(Oc2cccc(C)c2)n1. The number of rotatable bonds is 6. The van der Waals surface area contributed by atoms with Crippen molar-refractivity contribution in [1.82, 2.24) is 10.3 Å². The summed E-state index contributed by atoms with van der Waals surface area (Å²) in [7, 11) is 1.95. The maximum Gasteiger partial charge on any atom is 0.219 e. The van der Waals surface area contributed by atoms with Crippen molar-refractivity contribution in [2.45, 2.75) is 33.2 Å². The number of aromatic nitrogens is 1. The second-order valence-electron chi connectivity index (χ2n) is 5.00. The van der Waals surface area contributed by atoms with Crippen LogP contribution in [0.2, 0.25) is 0 Å². The topological polar surface area (TPSA) is 34.1 Å². The lowest BCUT2D eigenvalue weighted by atomic mass is 10.1. The Morgan fingerprint density at radius 1 is 1.20 bits per heavy atom. The van der Waals surface area contributed by atoms with Gasteiger partial charge in [0.15, 0.2) is 0 Å². The summed E-state index contributed by atoms with van der Waals surface area (Å²) in [5, 5.41) is 3.17. The van der Waals surface area contributed by atoms with Gasteiger partial charge in [-0.05, 0) is 49.7 Å². The molecule has 0 unspecified atom stereocenters. The fourth-order valence-electron chi connectivity index (χ4n) is 2.16.